The first-order valence-corrected chi connectivity index (χ1v) is 10.1. The van der Waals surface area contributed by atoms with Gasteiger partial charge in [0.05, 0.1) is 12.2 Å². The molecule has 2 aliphatic carbocycles. The summed E-state index contributed by atoms with van der Waals surface area (Å²) in [5.74, 6) is 0.328. The Morgan fingerprint density at radius 2 is 2.00 bits per heavy atom. The van der Waals surface area contributed by atoms with Gasteiger partial charge in [0, 0.05) is 10.8 Å². The van der Waals surface area contributed by atoms with Gasteiger partial charge in [0.25, 0.3) is 0 Å². The fraction of sp³-hybridized carbons (Fsp3) is 0.429. The van der Waals surface area contributed by atoms with Crippen molar-refractivity contribution in [1.29, 1.82) is 0 Å². The van der Waals surface area contributed by atoms with Gasteiger partial charge in [-0.15, -0.1) is 11.3 Å². The lowest BCUT2D eigenvalue weighted by Gasteiger charge is -2.26. The number of aryl methyl sites for hydroxylation is 2. The number of anilines is 1. The zero-order chi connectivity index (χ0) is 17.1. The van der Waals surface area contributed by atoms with Crippen LogP contribution in [0.5, 0.6) is 0 Å². The summed E-state index contributed by atoms with van der Waals surface area (Å²) in [6, 6.07) is 10.3. The van der Waals surface area contributed by atoms with Crippen molar-refractivity contribution in [1.82, 2.24) is 4.98 Å². The van der Waals surface area contributed by atoms with Gasteiger partial charge in [-0.3, -0.25) is 9.69 Å². The van der Waals surface area contributed by atoms with E-state index < -0.39 is 0 Å². The molecule has 130 valence electrons. The van der Waals surface area contributed by atoms with Crippen molar-refractivity contribution in [2.45, 2.75) is 51.5 Å². The number of amides is 1. The van der Waals surface area contributed by atoms with E-state index in [1.54, 1.807) is 11.3 Å². The number of carbonyl (C=O) groups is 1. The maximum atomic E-state index is 13.3. The highest BCUT2D eigenvalue weighted by Gasteiger charge is 2.29. The predicted molar refractivity (Wildman–Crippen MR) is 103 cm³/mol. The van der Waals surface area contributed by atoms with Gasteiger partial charge >= 0.3 is 0 Å². The van der Waals surface area contributed by atoms with Gasteiger partial charge in [0.1, 0.15) is 0 Å². The highest BCUT2D eigenvalue weighted by Crippen LogP contribution is 2.34. The van der Waals surface area contributed by atoms with Crippen LogP contribution in [-0.2, 0) is 24.2 Å². The molecule has 0 radical (unpaired) electrons. The lowest BCUT2D eigenvalue weighted by molar-refractivity contribution is -0.122. The largest absolute Gasteiger partial charge is 0.283 e. The molecule has 0 spiro atoms. The quantitative estimate of drug-likeness (QED) is 0.732. The number of hydrogen-bond donors (Lipinski definition) is 0. The second-order valence-electron chi connectivity index (χ2n) is 6.96. The molecule has 0 N–H and O–H groups in total. The molecule has 2 aliphatic rings. The molecule has 1 aromatic carbocycles. The third-order valence-electron chi connectivity index (χ3n) is 5.13. The third-order valence-corrected chi connectivity index (χ3v) is 6.31. The first-order valence-electron chi connectivity index (χ1n) is 9.30. The van der Waals surface area contributed by atoms with Crippen LogP contribution < -0.4 is 4.90 Å². The van der Waals surface area contributed by atoms with Crippen molar-refractivity contribution >= 4 is 22.4 Å². The van der Waals surface area contributed by atoms with Crippen LogP contribution in [-0.4, -0.2) is 10.9 Å². The Hall–Kier alpha value is -1.94. The number of thiazole rings is 1. The summed E-state index contributed by atoms with van der Waals surface area (Å²) in [7, 11) is 0. The van der Waals surface area contributed by atoms with Crippen molar-refractivity contribution in [3.05, 3.63) is 58.6 Å². The van der Waals surface area contributed by atoms with Crippen LogP contribution in [0.15, 0.2) is 42.5 Å². The van der Waals surface area contributed by atoms with Crippen molar-refractivity contribution in [2.75, 3.05) is 4.90 Å². The zero-order valence-corrected chi connectivity index (χ0v) is 15.3. The summed E-state index contributed by atoms with van der Waals surface area (Å²) in [6.45, 7) is 0.617. The van der Waals surface area contributed by atoms with Crippen molar-refractivity contribution in [3.8, 4) is 0 Å². The average Bonchev–Trinajstić information content (AvgIpc) is 3.11. The van der Waals surface area contributed by atoms with E-state index in [-0.39, 0.29) is 11.8 Å². The molecule has 25 heavy (non-hydrogen) atoms. The Morgan fingerprint density at radius 3 is 2.76 bits per heavy atom. The number of nitrogens with zero attached hydrogens (tertiary/aromatic N) is 2. The molecule has 4 rings (SSSR count). The van der Waals surface area contributed by atoms with E-state index >= 15 is 0 Å². The summed E-state index contributed by atoms with van der Waals surface area (Å²) in [4.78, 5) is 21.5. The molecule has 1 atom stereocenters. The summed E-state index contributed by atoms with van der Waals surface area (Å²) in [5, 5.41) is 0.898. The SMILES string of the molecule is O=C([C@@H]1CC=CCC1)N(Cc1ccccc1)c1nc2c(s1)CCCC2. The van der Waals surface area contributed by atoms with Crippen LogP contribution in [0.4, 0.5) is 5.13 Å². The van der Waals surface area contributed by atoms with Crippen LogP contribution in [0.1, 0.15) is 48.2 Å². The Morgan fingerprint density at radius 1 is 1.16 bits per heavy atom. The minimum Gasteiger partial charge on any atom is -0.283 e. The van der Waals surface area contributed by atoms with Gasteiger partial charge in [-0.05, 0) is 50.5 Å². The van der Waals surface area contributed by atoms with Crippen LogP contribution in [0.25, 0.3) is 0 Å². The Kier molecular flexibility index (Phi) is 4.97. The summed E-state index contributed by atoms with van der Waals surface area (Å²) >= 11 is 1.73. The molecule has 0 saturated heterocycles. The van der Waals surface area contributed by atoms with Crippen LogP contribution in [0.3, 0.4) is 0 Å². The Balaban J connectivity index is 1.64. The van der Waals surface area contributed by atoms with Crippen LogP contribution >= 0.6 is 11.3 Å². The number of benzene rings is 1. The molecule has 4 heteroatoms. The molecule has 0 aliphatic heterocycles. The smallest absolute Gasteiger partial charge is 0.232 e. The first kappa shape index (κ1) is 16.5. The van der Waals surface area contributed by atoms with Gasteiger partial charge in [0.2, 0.25) is 5.91 Å². The van der Waals surface area contributed by atoms with Crippen LogP contribution in [0.2, 0.25) is 0 Å². The second-order valence-corrected chi connectivity index (χ2v) is 8.03. The zero-order valence-electron chi connectivity index (χ0n) is 14.5. The van der Waals surface area contributed by atoms with Gasteiger partial charge in [-0.2, -0.15) is 0 Å². The summed E-state index contributed by atoms with van der Waals surface area (Å²) in [6.07, 6.45) is 11.8. The van der Waals surface area contributed by atoms with Crippen LogP contribution in [0, 0.1) is 5.92 Å². The van der Waals surface area contributed by atoms with E-state index in [1.165, 1.54) is 23.4 Å². The third kappa shape index (κ3) is 3.69. The molecule has 0 bridgehead atoms. The maximum Gasteiger partial charge on any atom is 0.232 e. The minimum absolute atomic E-state index is 0.0923. The van der Waals surface area contributed by atoms with Gasteiger partial charge < -0.3 is 0 Å². The molecule has 2 aromatic rings. The molecule has 3 nitrogen and oxygen atoms in total. The molecular weight excluding hydrogens is 328 g/mol. The monoisotopic (exact) mass is 352 g/mol. The van der Waals surface area contributed by atoms with Gasteiger partial charge in [-0.25, -0.2) is 4.98 Å². The number of rotatable bonds is 4. The molecule has 1 amide bonds. The summed E-state index contributed by atoms with van der Waals surface area (Å²) in [5.41, 5.74) is 2.39. The predicted octanol–water partition coefficient (Wildman–Crippen LogP) is 4.91. The lowest BCUT2D eigenvalue weighted by atomic mass is 9.93. The fourth-order valence-electron chi connectivity index (χ4n) is 3.70. The van der Waals surface area contributed by atoms with E-state index in [4.69, 9.17) is 4.98 Å². The first-order chi connectivity index (χ1) is 12.3. The maximum absolute atomic E-state index is 13.3. The minimum atomic E-state index is 0.0923. The number of carbonyl (C=O) groups excluding carboxylic acids is 1. The Labute approximate surface area is 153 Å². The number of hydrogen-bond acceptors (Lipinski definition) is 3. The average molecular weight is 353 g/mol. The highest BCUT2D eigenvalue weighted by molar-refractivity contribution is 7.15. The molecular formula is C21H24N2OS. The molecule has 1 heterocycles. The highest BCUT2D eigenvalue weighted by atomic mass is 32.1. The van der Waals surface area contributed by atoms with E-state index in [2.05, 4.69) is 24.3 Å². The van der Waals surface area contributed by atoms with Crippen molar-refractivity contribution in [2.24, 2.45) is 5.92 Å². The van der Waals surface area contributed by atoms with E-state index in [1.807, 2.05) is 23.1 Å². The van der Waals surface area contributed by atoms with Crippen molar-refractivity contribution in [3.63, 3.8) is 0 Å². The Bertz CT molecular complexity index is 742. The molecule has 1 aromatic heterocycles. The molecule has 0 unspecified atom stereocenters. The topological polar surface area (TPSA) is 33.2 Å². The lowest BCUT2D eigenvalue weighted by Crippen LogP contribution is -2.36. The molecule has 0 fully saturated rings. The standard InChI is InChI=1S/C21H24N2OS/c24-20(17-11-5-2-6-12-17)23(15-16-9-3-1-4-10-16)21-22-18-13-7-8-14-19(18)25-21/h1-5,9-10,17H,6-8,11-15H2/t17-/m1/s1. The van der Waals surface area contributed by atoms with Crippen molar-refractivity contribution < 1.29 is 4.79 Å². The second kappa shape index (κ2) is 7.52. The van der Waals surface area contributed by atoms with Gasteiger partial charge in [-0.1, -0.05) is 42.5 Å². The van der Waals surface area contributed by atoms with E-state index in [0.717, 1.165) is 42.8 Å². The van der Waals surface area contributed by atoms with Gasteiger partial charge in [0.15, 0.2) is 5.13 Å². The summed E-state index contributed by atoms with van der Waals surface area (Å²) < 4.78 is 0. The van der Waals surface area contributed by atoms with E-state index in [0.29, 0.717) is 6.54 Å². The molecule has 0 saturated carbocycles. The number of allylic oxidation sites excluding steroid dienone is 2. The van der Waals surface area contributed by atoms with E-state index in [9.17, 15) is 4.79 Å². The normalized spacial score (nSPS) is 19.4. The number of fused-ring (bicyclic) bond motifs is 1. The number of aromatic nitrogens is 1. The fourth-order valence-corrected chi connectivity index (χ4v) is 4.85.